The zero-order valence-electron chi connectivity index (χ0n) is 58.4. The molecule has 2 amide bonds. The summed E-state index contributed by atoms with van der Waals surface area (Å²) in [5, 5.41) is 18.6. The number of aromatic nitrogens is 2. The molecule has 25 heteroatoms. The Bertz CT molecular complexity index is 4120. The third kappa shape index (κ3) is 21.1. The number of nitrogens with two attached hydrogens (primary N) is 3. The summed E-state index contributed by atoms with van der Waals surface area (Å²) in [5.74, 6) is 1.25. The minimum atomic E-state index is -3.78. The van der Waals surface area contributed by atoms with Crippen molar-refractivity contribution in [3.63, 3.8) is 0 Å². The number of likely N-dealkylation sites (N-methyl/N-ethyl adjacent to an activating group) is 4. The molecule has 10 rings (SSSR count). The maximum atomic E-state index is 14.1. The largest absolute Gasteiger partial charge is 0.497 e. The van der Waals surface area contributed by atoms with Gasteiger partial charge in [-0.3, -0.25) is 9.59 Å². The number of rotatable bonds is 21. The third-order valence-corrected chi connectivity index (χ3v) is 18.8. The van der Waals surface area contributed by atoms with Crippen LogP contribution in [0, 0.1) is 0 Å². The Morgan fingerprint density at radius 3 is 1.27 bits per heavy atom. The SMILES string of the molecule is C.C.CNCCOCCN(C)C(=O)C1=Cc2cc(OC)ccc2-c2c(C3CCCCC3)c3ccc(C(=O)OC(C)(C)C)cc3n2C1.COc1ccc2c(c1)C=C(C(=O)N(C)CCOCCN(C)S(N)(=O)=O)Cn1c-2c(C2CCCCC2)c2ccc(C(=O)OC(C)(C)C)cc21.NS(N)(=O)=O. The van der Waals surface area contributed by atoms with Crippen LogP contribution in [0.25, 0.3) is 56.5 Å². The zero-order chi connectivity index (χ0) is 70.7. The number of amides is 2. The van der Waals surface area contributed by atoms with E-state index in [-0.39, 0.29) is 58.4 Å². The first kappa shape index (κ1) is 80.5. The molecule has 2 fully saturated rings. The van der Waals surface area contributed by atoms with E-state index in [2.05, 4.69) is 42.9 Å². The van der Waals surface area contributed by atoms with Gasteiger partial charge < -0.3 is 52.7 Å². The number of hydrogen-bond donors (Lipinski definition) is 4. The summed E-state index contributed by atoms with van der Waals surface area (Å²) in [7, 11) is 2.67. The van der Waals surface area contributed by atoms with Gasteiger partial charge in [-0.1, -0.05) is 65.5 Å². The standard InChI is InChI=1S/C36H48N4O7S.C36H47N3O5.2CH4.H4N2O2S/c1-36(2,3)47-35(42)25-12-14-30-31(22-25)40-23-27(34(41)38(4)16-18-46-19-17-39(5)48(37,43)44)20-26-21-28(45-6)13-15-29(26)33(40)32(30)24-10-8-7-9-11-24;1-36(2,3)44-35(41)25-12-14-30-31(22-25)39-23-27(34(40)38(5)17-19-43-18-16-37-4)20-26-21-28(42-6)13-15-29(26)33(39)32(30)24-10-8-7-9-11-24;;;1-5(2,3)4/h12-15,20-22,24H,7-11,16-19,23H2,1-6H3,(H2,37,43,44);12-15,20-22,24,37H,7-11,16-19,23H2,1-6H3;2*1H4;(H4,1,2,3,4). The summed E-state index contributed by atoms with van der Waals surface area (Å²) in [6, 6.07) is 23.9. The number of carbonyl (C=O) groups excluding carboxylic acids is 4. The number of carbonyl (C=O) groups is 4. The summed E-state index contributed by atoms with van der Waals surface area (Å²) >= 11 is 0. The molecule has 544 valence electrons. The Labute approximate surface area is 586 Å². The van der Waals surface area contributed by atoms with Crippen LogP contribution in [-0.2, 0) is 62.0 Å². The van der Waals surface area contributed by atoms with E-state index in [1.54, 1.807) is 31.1 Å². The summed E-state index contributed by atoms with van der Waals surface area (Å²) < 4.78 is 80.8. The van der Waals surface area contributed by atoms with Gasteiger partial charge in [0.2, 0.25) is 0 Å². The monoisotopic (exact) mass is 1410 g/mol. The van der Waals surface area contributed by atoms with Crippen LogP contribution in [0.5, 0.6) is 11.5 Å². The van der Waals surface area contributed by atoms with Crippen molar-refractivity contribution in [1.29, 1.82) is 0 Å². The second kappa shape index (κ2) is 34.7. The Morgan fingerprint density at radius 2 is 0.919 bits per heavy atom. The number of esters is 2. The van der Waals surface area contributed by atoms with E-state index in [0.717, 1.165) is 111 Å². The van der Waals surface area contributed by atoms with Gasteiger partial charge in [-0.25, -0.2) is 25.0 Å². The van der Waals surface area contributed by atoms with Gasteiger partial charge in [0.25, 0.3) is 32.2 Å². The summed E-state index contributed by atoms with van der Waals surface area (Å²) in [6.07, 6.45) is 15.6. The molecule has 0 atom stereocenters. The lowest BCUT2D eigenvalue weighted by atomic mass is 9.81. The lowest BCUT2D eigenvalue weighted by Gasteiger charge is -2.24. The Hall–Kier alpha value is -7.46. The fourth-order valence-electron chi connectivity index (χ4n) is 13.1. The van der Waals surface area contributed by atoms with Crippen molar-refractivity contribution < 1.29 is 64.4 Å². The Balaban J connectivity index is 0.000000287. The molecule has 0 spiro atoms. The molecule has 4 aliphatic rings. The van der Waals surface area contributed by atoms with Crippen LogP contribution in [-0.4, -0.2) is 170 Å². The first-order valence-corrected chi connectivity index (χ1v) is 36.3. The first-order valence-electron chi connectivity index (χ1n) is 33.2. The maximum absolute atomic E-state index is 14.1. The van der Waals surface area contributed by atoms with Gasteiger partial charge in [0.05, 0.1) is 76.3 Å². The molecule has 99 heavy (non-hydrogen) atoms. The average Bonchev–Trinajstić information content (AvgIpc) is 1.58. The molecule has 2 saturated carbocycles. The van der Waals surface area contributed by atoms with Crippen molar-refractivity contribution in [3.8, 4) is 34.0 Å². The predicted molar refractivity (Wildman–Crippen MR) is 393 cm³/mol. The molecule has 0 bridgehead atoms. The quantitative estimate of drug-likeness (QED) is 0.0385. The smallest absolute Gasteiger partial charge is 0.338 e. The van der Waals surface area contributed by atoms with Crippen molar-refractivity contribution >= 4 is 78.1 Å². The van der Waals surface area contributed by atoms with Gasteiger partial charge in [-0.2, -0.15) is 21.1 Å². The fraction of sp³-hybridized carbons (Fsp3) is 0.514. The van der Waals surface area contributed by atoms with Crippen molar-refractivity contribution in [2.75, 3.05) is 95.0 Å². The van der Waals surface area contributed by atoms with Crippen LogP contribution in [0.2, 0.25) is 0 Å². The van der Waals surface area contributed by atoms with E-state index in [9.17, 15) is 36.0 Å². The van der Waals surface area contributed by atoms with Crippen LogP contribution in [0.4, 0.5) is 0 Å². The highest BCUT2D eigenvalue weighted by molar-refractivity contribution is 7.87. The topological polar surface area (TPSA) is 302 Å². The fourth-order valence-corrected chi connectivity index (χ4v) is 13.4. The Morgan fingerprint density at radius 1 is 0.545 bits per heavy atom. The molecule has 6 aromatic rings. The first-order chi connectivity index (χ1) is 45.8. The van der Waals surface area contributed by atoms with Crippen LogP contribution in [0.15, 0.2) is 83.9 Å². The van der Waals surface area contributed by atoms with Crippen molar-refractivity contribution in [2.45, 2.75) is 157 Å². The molecule has 2 aromatic heterocycles. The summed E-state index contributed by atoms with van der Waals surface area (Å²) in [5.41, 5.74) is 11.5. The minimum Gasteiger partial charge on any atom is -0.497 e. The number of benzene rings is 4. The minimum absolute atomic E-state index is 0. The van der Waals surface area contributed by atoms with E-state index in [1.807, 2.05) is 122 Å². The van der Waals surface area contributed by atoms with Crippen LogP contribution in [0.1, 0.15) is 175 Å². The Kier molecular flexibility index (Phi) is 28.3. The number of fused-ring (bicyclic) bond motifs is 10. The van der Waals surface area contributed by atoms with Crippen LogP contribution >= 0.6 is 0 Å². The number of ether oxygens (including phenoxy) is 6. The van der Waals surface area contributed by atoms with Gasteiger partial charge in [0.15, 0.2) is 0 Å². The zero-order valence-corrected chi connectivity index (χ0v) is 60.0. The second-order valence-electron chi connectivity index (χ2n) is 27.3. The van der Waals surface area contributed by atoms with Gasteiger partial charge in [0.1, 0.15) is 22.7 Å². The highest BCUT2D eigenvalue weighted by Crippen LogP contribution is 2.49. The molecule has 4 aromatic carbocycles. The molecule has 4 heterocycles. The molecule has 7 N–H and O–H groups in total. The molecule has 0 saturated heterocycles. The number of hydrogen-bond acceptors (Lipinski definition) is 15. The van der Waals surface area contributed by atoms with E-state index in [1.165, 1.54) is 43.9 Å². The number of methoxy groups -OCH3 is 2. The van der Waals surface area contributed by atoms with Gasteiger partial charge in [-0.05, 0) is 181 Å². The molecule has 2 aliphatic carbocycles. The van der Waals surface area contributed by atoms with Crippen molar-refractivity contribution in [2.24, 2.45) is 15.4 Å². The predicted octanol–water partition coefficient (Wildman–Crippen LogP) is 11.2. The molecule has 0 radical (unpaired) electrons. The second-order valence-corrected chi connectivity index (χ2v) is 30.1. The van der Waals surface area contributed by atoms with Gasteiger partial charge in [-0.15, -0.1) is 0 Å². The lowest BCUT2D eigenvalue weighted by molar-refractivity contribution is -0.127. The highest BCUT2D eigenvalue weighted by atomic mass is 32.2. The van der Waals surface area contributed by atoms with Gasteiger partial charge >= 0.3 is 11.9 Å². The van der Waals surface area contributed by atoms with Crippen molar-refractivity contribution in [3.05, 3.63) is 117 Å². The van der Waals surface area contributed by atoms with E-state index in [0.29, 0.717) is 79.3 Å². The summed E-state index contributed by atoms with van der Waals surface area (Å²) in [4.78, 5) is 57.9. The molecule has 0 unspecified atom stereocenters. The molecule has 2 aliphatic heterocycles. The maximum Gasteiger partial charge on any atom is 0.338 e. The molecule has 23 nitrogen and oxygen atoms in total. The number of nitrogens with zero attached hydrogens (tertiary/aromatic N) is 5. The lowest BCUT2D eigenvalue weighted by Crippen LogP contribution is -2.36. The number of nitrogens with one attached hydrogen (secondary N) is 1. The molecular formula is C74H107N9O14S2. The molecular weight excluding hydrogens is 1300 g/mol. The van der Waals surface area contributed by atoms with Gasteiger partial charge in [0, 0.05) is 91.4 Å². The van der Waals surface area contributed by atoms with Crippen LogP contribution in [0.3, 0.4) is 0 Å². The van der Waals surface area contributed by atoms with E-state index < -0.39 is 31.6 Å². The summed E-state index contributed by atoms with van der Waals surface area (Å²) in [6.45, 7) is 15.0. The normalized spacial score (nSPS) is 14.9. The van der Waals surface area contributed by atoms with Crippen molar-refractivity contribution in [1.82, 2.24) is 28.6 Å². The van der Waals surface area contributed by atoms with E-state index in [4.69, 9.17) is 33.6 Å². The highest BCUT2D eigenvalue weighted by Gasteiger charge is 2.34. The third-order valence-electron chi connectivity index (χ3n) is 17.7. The van der Waals surface area contributed by atoms with Crippen LogP contribution < -0.4 is 30.2 Å². The average molecular weight is 1410 g/mol. The van der Waals surface area contributed by atoms with E-state index >= 15 is 0 Å².